The molecule has 31 heavy (non-hydrogen) atoms. The Kier molecular flexibility index (Phi) is 6.11. The topological polar surface area (TPSA) is 116 Å². The molecule has 0 atom stereocenters. The molecule has 0 aliphatic heterocycles. The lowest BCUT2D eigenvalue weighted by atomic mass is 10.2. The molecule has 162 valence electrons. The second-order valence-electron chi connectivity index (χ2n) is 6.86. The largest absolute Gasteiger partial charge is 0.452 e. The van der Waals surface area contributed by atoms with Gasteiger partial charge in [0.1, 0.15) is 5.69 Å². The number of esters is 1. The van der Waals surface area contributed by atoms with Gasteiger partial charge in [-0.1, -0.05) is 18.2 Å². The van der Waals surface area contributed by atoms with Gasteiger partial charge in [-0.25, -0.2) is 17.9 Å². The molecule has 0 aliphatic carbocycles. The zero-order valence-corrected chi connectivity index (χ0v) is 18.0. The number of nitrogens with one attached hydrogen (secondary N) is 1. The Morgan fingerprint density at radius 3 is 2.23 bits per heavy atom. The highest BCUT2D eigenvalue weighted by molar-refractivity contribution is 7.90. The Morgan fingerprint density at radius 2 is 1.65 bits per heavy atom. The number of hydrogen-bond donors (Lipinski definition) is 1. The molecule has 1 aromatic heterocycles. The molecule has 2 aromatic carbocycles. The van der Waals surface area contributed by atoms with Crippen molar-refractivity contribution < 1.29 is 22.7 Å². The van der Waals surface area contributed by atoms with Crippen LogP contribution in [-0.4, -0.2) is 42.5 Å². The molecule has 1 N–H and O–H groups in total. The molecule has 0 saturated carbocycles. The second kappa shape index (κ2) is 8.60. The number of amides is 1. The summed E-state index contributed by atoms with van der Waals surface area (Å²) in [5.74, 6) is -1.46. The maximum absolute atomic E-state index is 12.8. The van der Waals surface area contributed by atoms with Gasteiger partial charge in [-0.3, -0.25) is 14.3 Å². The first kappa shape index (κ1) is 22.0. The predicted molar refractivity (Wildman–Crippen MR) is 114 cm³/mol. The number of ether oxygens (including phenoxy) is 1. The maximum atomic E-state index is 12.8. The number of aromatic nitrogens is 2. The first-order valence-electron chi connectivity index (χ1n) is 9.20. The number of carbonyl (C=O) groups is 2. The Hall–Kier alpha value is -3.66. The van der Waals surface area contributed by atoms with Crippen LogP contribution in [-0.2, 0) is 26.4 Å². The Labute approximate surface area is 178 Å². The van der Waals surface area contributed by atoms with Gasteiger partial charge in [-0.05, 0) is 43.3 Å². The molecule has 0 unspecified atom stereocenters. The van der Waals surface area contributed by atoms with Crippen LogP contribution in [0.3, 0.4) is 0 Å². The van der Waals surface area contributed by atoms with Crippen molar-refractivity contribution in [1.29, 1.82) is 0 Å². The van der Waals surface area contributed by atoms with Crippen LogP contribution in [0.25, 0.3) is 5.69 Å². The number of rotatable bonds is 6. The average molecular weight is 443 g/mol. The minimum Gasteiger partial charge on any atom is -0.452 e. The summed E-state index contributed by atoms with van der Waals surface area (Å²) in [5.41, 5.74) is 0.946. The van der Waals surface area contributed by atoms with E-state index in [1.165, 1.54) is 28.9 Å². The summed E-state index contributed by atoms with van der Waals surface area (Å²) < 4.78 is 31.0. The van der Waals surface area contributed by atoms with Crippen molar-refractivity contribution in [2.75, 3.05) is 18.2 Å². The van der Waals surface area contributed by atoms with E-state index in [4.69, 9.17) is 4.74 Å². The van der Waals surface area contributed by atoms with Gasteiger partial charge in [0.2, 0.25) is 0 Å². The van der Waals surface area contributed by atoms with Crippen molar-refractivity contribution in [1.82, 2.24) is 9.36 Å². The molecule has 0 radical (unpaired) electrons. The third-order valence-electron chi connectivity index (χ3n) is 4.67. The summed E-state index contributed by atoms with van der Waals surface area (Å²) in [4.78, 5) is 37.2. The fourth-order valence-electron chi connectivity index (χ4n) is 2.94. The monoisotopic (exact) mass is 443 g/mol. The quantitative estimate of drug-likeness (QED) is 0.580. The van der Waals surface area contributed by atoms with Crippen molar-refractivity contribution in [2.24, 2.45) is 7.05 Å². The van der Waals surface area contributed by atoms with E-state index < -0.39 is 33.9 Å². The van der Waals surface area contributed by atoms with Crippen LogP contribution in [0.2, 0.25) is 0 Å². The third-order valence-corrected chi connectivity index (χ3v) is 5.80. The van der Waals surface area contributed by atoms with E-state index in [0.717, 1.165) is 6.26 Å². The van der Waals surface area contributed by atoms with E-state index in [2.05, 4.69) is 5.32 Å². The summed E-state index contributed by atoms with van der Waals surface area (Å²) in [6.45, 7) is 1.08. The minimum absolute atomic E-state index is 0.0658. The molecule has 10 heteroatoms. The fourth-order valence-corrected chi connectivity index (χ4v) is 3.57. The van der Waals surface area contributed by atoms with E-state index >= 15 is 0 Å². The fraction of sp³-hybridized carbons (Fsp3) is 0.190. The number of anilines is 1. The van der Waals surface area contributed by atoms with E-state index in [9.17, 15) is 22.8 Å². The molecule has 3 rings (SSSR count). The summed E-state index contributed by atoms with van der Waals surface area (Å²) in [5, 5.41) is 2.50. The van der Waals surface area contributed by atoms with Gasteiger partial charge in [-0.15, -0.1) is 0 Å². The lowest BCUT2D eigenvalue weighted by molar-refractivity contribution is -0.119. The van der Waals surface area contributed by atoms with Gasteiger partial charge in [-0.2, -0.15) is 0 Å². The molecule has 0 spiro atoms. The standard InChI is InChI=1S/C21H21N3O6S/c1-14-19(20(26)24(23(14)2)16-7-5-4-6-8-16)22-18(25)13-30-21(27)15-9-11-17(12-10-15)31(3,28)29/h4-12H,13H2,1-3H3,(H,22,25). The van der Waals surface area contributed by atoms with Crippen molar-refractivity contribution in [3.05, 3.63) is 76.2 Å². The average Bonchev–Trinajstić information content (AvgIpc) is 2.95. The van der Waals surface area contributed by atoms with E-state index in [0.29, 0.717) is 11.4 Å². The number of carbonyl (C=O) groups excluding carboxylic acids is 2. The highest BCUT2D eigenvalue weighted by Gasteiger charge is 2.19. The highest BCUT2D eigenvalue weighted by Crippen LogP contribution is 2.14. The normalized spacial score (nSPS) is 11.2. The zero-order chi connectivity index (χ0) is 22.8. The molecule has 0 aliphatic rings. The van der Waals surface area contributed by atoms with Crippen molar-refractivity contribution >= 4 is 27.4 Å². The van der Waals surface area contributed by atoms with E-state index in [-0.39, 0.29) is 16.1 Å². The molecule has 3 aromatic rings. The zero-order valence-electron chi connectivity index (χ0n) is 17.2. The van der Waals surface area contributed by atoms with Crippen LogP contribution >= 0.6 is 0 Å². The lowest BCUT2D eigenvalue weighted by Crippen LogP contribution is -2.25. The van der Waals surface area contributed by atoms with Gasteiger partial charge in [0.05, 0.1) is 21.8 Å². The Balaban J connectivity index is 1.69. The second-order valence-corrected chi connectivity index (χ2v) is 8.87. The maximum Gasteiger partial charge on any atom is 0.338 e. The molecular weight excluding hydrogens is 422 g/mol. The first-order valence-corrected chi connectivity index (χ1v) is 11.1. The van der Waals surface area contributed by atoms with Gasteiger partial charge in [0.25, 0.3) is 11.5 Å². The van der Waals surface area contributed by atoms with E-state index in [1.54, 1.807) is 42.9 Å². The molecule has 0 fully saturated rings. The molecule has 0 bridgehead atoms. The molecule has 0 saturated heterocycles. The number of sulfone groups is 1. The smallest absolute Gasteiger partial charge is 0.338 e. The summed E-state index contributed by atoms with van der Waals surface area (Å²) in [7, 11) is -1.69. The summed E-state index contributed by atoms with van der Waals surface area (Å²) in [6.07, 6.45) is 1.06. The van der Waals surface area contributed by atoms with Crippen molar-refractivity contribution in [3.63, 3.8) is 0 Å². The van der Waals surface area contributed by atoms with Crippen LogP contribution < -0.4 is 10.9 Å². The van der Waals surface area contributed by atoms with Gasteiger partial charge in [0.15, 0.2) is 16.4 Å². The van der Waals surface area contributed by atoms with Crippen LogP contribution in [0.5, 0.6) is 0 Å². The van der Waals surface area contributed by atoms with Crippen LogP contribution in [0.4, 0.5) is 5.69 Å². The molecule has 9 nitrogen and oxygen atoms in total. The van der Waals surface area contributed by atoms with Crippen LogP contribution in [0.15, 0.2) is 64.3 Å². The SMILES string of the molecule is Cc1c(NC(=O)COC(=O)c2ccc(S(C)(=O)=O)cc2)c(=O)n(-c2ccccc2)n1C. The van der Waals surface area contributed by atoms with Gasteiger partial charge >= 0.3 is 5.97 Å². The highest BCUT2D eigenvalue weighted by atomic mass is 32.2. The van der Waals surface area contributed by atoms with Crippen LogP contribution in [0, 0.1) is 6.92 Å². The summed E-state index contributed by atoms with van der Waals surface area (Å²) >= 11 is 0. The third kappa shape index (κ3) is 4.75. The number of nitrogens with zero attached hydrogens (tertiary/aromatic N) is 2. The number of benzene rings is 2. The van der Waals surface area contributed by atoms with Crippen molar-refractivity contribution in [2.45, 2.75) is 11.8 Å². The lowest BCUT2D eigenvalue weighted by Gasteiger charge is -2.07. The van der Waals surface area contributed by atoms with E-state index in [1.807, 2.05) is 6.07 Å². The van der Waals surface area contributed by atoms with Crippen LogP contribution in [0.1, 0.15) is 16.1 Å². The Morgan fingerprint density at radius 1 is 1.03 bits per heavy atom. The predicted octanol–water partition coefficient (Wildman–Crippen LogP) is 1.68. The Bertz CT molecular complexity index is 1290. The molecular formula is C21H21N3O6S. The van der Waals surface area contributed by atoms with Crippen molar-refractivity contribution in [3.8, 4) is 5.69 Å². The number of para-hydroxylation sites is 1. The molecule has 1 amide bonds. The summed E-state index contributed by atoms with van der Waals surface area (Å²) in [6, 6.07) is 14.1. The number of hydrogen-bond acceptors (Lipinski definition) is 6. The molecule has 1 heterocycles. The first-order chi connectivity index (χ1) is 14.6. The van der Waals surface area contributed by atoms with Gasteiger partial charge in [0, 0.05) is 13.3 Å². The minimum atomic E-state index is -3.39. The van der Waals surface area contributed by atoms with Gasteiger partial charge < -0.3 is 10.1 Å².